The number of pyridine rings is 1. The highest BCUT2D eigenvalue weighted by molar-refractivity contribution is 7.99. The van der Waals surface area contributed by atoms with Gasteiger partial charge in [-0.25, -0.2) is 0 Å². The Morgan fingerprint density at radius 2 is 2.20 bits per heavy atom. The van der Waals surface area contributed by atoms with Crippen LogP contribution in [0.4, 0.5) is 5.69 Å². The molecule has 0 bridgehead atoms. The molecule has 0 saturated carbocycles. The SMILES string of the molecule is CSNc1cc(C)nc(C2CCN(C(=O)c3cc(C(C)C)[nH]n3)C2)c1. The summed E-state index contributed by atoms with van der Waals surface area (Å²) in [7, 11) is 0. The van der Waals surface area contributed by atoms with Crippen LogP contribution in [-0.4, -0.2) is 45.3 Å². The third kappa shape index (κ3) is 3.98. The van der Waals surface area contributed by atoms with Gasteiger partial charge in [0.15, 0.2) is 0 Å². The van der Waals surface area contributed by atoms with Crippen LogP contribution < -0.4 is 4.72 Å². The van der Waals surface area contributed by atoms with Crippen molar-refractivity contribution in [3.63, 3.8) is 0 Å². The molecule has 1 unspecified atom stereocenters. The summed E-state index contributed by atoms with van der Waals surface area (Å²) in [4.78, 5) is 19.3. The van der Waals surface area contributed by atoms with Crippen LogP contribution in [0.15, 0.2) is 18.2 Å². The number of rotatable bonds is 5. The minimum atomic E-state index is 0.000709. The summed E-state index contributed by atoms with van der Waals surface area (Å²) < 4.78 is 3.27. The minimum absolute atomic E-state index is 0.000709. The molecule has 1 aliphatic rings. The van der Waals surface area contributed by atoms with Crippen LogP contribution in [0.1, 0.15) is 59.7 Å². The second kappa shape index (κ2) is 7.47. The normalized spacial score (nSPS) is 17.3. The molecule has 1 aliphatic heterocycles. The molecule has 1 fully saturated rings. The number of carbonyl (C=O) groups is 1. The third-order valence-corrected chi connectivity index (χ3v) is 4.97. The minimum Gasteiger partial charge on any atom is -0.337 e. The Hall–Kier alpha value is -2.02. The molecule has 0 aromatic carbocycles. The monoisotopic (exact) mass is 359 g/mol. The van der Waals surface area contributed by atoms with E-state index >= 15 is 0 Å². The second-order valence-corrected chi connectivity index (χ2v) is 7.44. The fraction of sp³-hybridized carbons (Fsp3) is 0.500. The molecule has 1 saturated heterocycles. The first-order valence-electron chi connectivity index (χ1n) is 8.60. The van der Waals surface area contributed by atoms with Crippen molar-refractivity contribution in [2.24, 2.45) is 0 Å². The van der Waals surface area contributed by atoms with E-state index in [0.29, 0.717) is 18.2 Å². The summed E-state index contributed by atoms with van der Waals surface area (Å²) in [6.45, 7) is 7.60. The van der Waals surface area contributed by atoms with Crippen LogP contribution >= 0.6 is 11.9 Å². The molecule has 0 spiro atoms. The van der Waals surface area contributed by atoms with Crippen molar-refractivity contribution < 1.29 is 4.79 Å². The molecule has 1 atom stereocenters. The Morgan fingerprint density at radius 3 is 2.88 bits per heavy atom. The van der Waals surface area contributed by atoms with Gasteiger partial charge >= 0.3 is 0 Å². The van der Waals surface area contributed by atoms with Gasteiger partial charge < -0.3 is 9.62 Å². The van der Waals surface area contributed by atoms with Crippen molar-refractivity contribution >= 4 is 23.5 Å². The van der Waals surface area contributed by atoms with Crippen molar-refractivity contribution in [2.75, 3.05) is 24.1 Å². The quantitative estimate of drug-likeness (QED) is 0.799. The van der Waals surface area contributed by atoms with Gasteiger partial charge in [-0.3, -0.25) is 14.9 Å². The lowest BCUT2D eigenvalue weighted by atomic mass is 10.0. The zero-order valence-electron chi connectivity index (χ0n) is 15.2. The molecular formula is C18H25N5OS. The largest absolute Gasteiger partial charge is 0.337 e. The summed E-state index contributed by atoms with van der Waals surface area (Å²) in [6, 6.07) is 5.99. The van der Waals surface area contributed by atoms with Crippen LogP contribution in [0.25, 0.3) is 0 Å². The zero-order valence-corrected chi connectivity index (χ0v) is 16.0. The highest BCUT2D eigenvalue weighted by atomic mass is 32.2. The molecule has 1 amide bonds. The van der Waals surface area contributed by atoms with Gasteiger partial charge in [0.1, 0.15) is 5.69 Å². The van der Waals surface area contributed by atoms with Gasteiger partial charge in [0.25, 0.3) is 5.91 Å². The average Bonchev–Trinajstić information content (AvgIpc) is 3.24. The second-order valence-electron chi connectivity index (χ2n) is 6.83. The lowest BCUT2D eigenvalue weighted by Crippen LogP contribution is -2.28. The number of hydrogen-bond acceptors (Lipinski definition) is 5. The van der Waals surface area contributed by atoms with Gasteiger partial charge in [0, 0.05) is 48.0 Å². The maximum atomic E-state index is 12.7. The molecule has 3 heterocycles. The van der Waals surface area contributed by atoms with E-state index in [1.807, 2.05) is 30.2 Å². The molecule has 2 N–H and O–H groups in total. The van der Waals surface area contributed by atoms with E-state index in [-0.39, 0.29) is 11.8 Å². The van der Waals surface area contributed by atoms with Crippen molar-refractivity contribution in [1.29, 1.82) is 0 Å². The van der Waals surface area contributed by atoms with Gasteiger partial charge in [-0.05, 0) is 37.5 Å². The molecule has 25 heavy (non-hydrogen) atoms. The highest BCUT2D eigenvalue weighted by Crippen LogP contribution is 2.29. The number of carbonyl (C=O) groups excluding carboxylic acids is 1. The third-order valence-electron chi connectivity index (χ3n) is 4.53. The Labute approximate surface area is 152 Å². The van der Waals surface area contributed by atoms with Gasteiger partial charge in [0.2, 0.25) is 0 Å². The maximum Gasteiger partial charge on any atom is 0.274 e. The first-order valence-corrected chi connectivity index (χ1v) is 9.82. The van der Waals surface area contributed by atoms with E-state index in [1.165, 1.54) is 0 Å². The molecule has 6 nitrogen and oxygen atoms in total. The number of nitrogens with zero attached hydrogens (tertiary/aromatic N) is 3. The summed E-state index contributed by atoms with van der Waals surface area (Å²) in [5, 5.41) is 7.15. The van der Waals surface area contributed by atoms with Crippen LogP contribution in [0.3, 0.4) is 0 Å². The zero-order chi connectivity index (χ0) is 18.0. The number of aromatic amines is 1. The van der Waals surface area contributed by atoms with E-state index in [9.17, 15) is 4.79 Å². The van der Waals surface area contributed by atoms with Crippen LogP contribution in [0, 0.1) is 6.92 Å². The predicted molar refractivity (Wildman–Crippen MR) is 102 cm³/mol. The van der Waals surface area contributed by atoms with Crippen molar-refractivity contribution in [1.82, 2.24) is 20.1 Å². The number of aromatic nitrogens is 3. The number of anilines is 1. The van der Waals surface area contributed by atoms with Gasteiger partial charge in [-0.2, -0.15) is 5.10 Å². The molecule has 2 aromatic rings. The van der Waals surface area contributed by atoms with Gasteiger partial charge in [0.05, 0.1) is 0 Å². The standard InChI is InChI=1S/C18H25N5OS/c1-11(2)15-9-17(21-20-15)18(24)23-6-5-13(10-23)16-8-14(22-25-4)7-12(3)19-16/h7-9,11,13H,5-6,10H2,1-4H3,(H,19,22)(H,20,21). The van der Waals surface area contributed by atoms with Crippen LogP contribution in [0.5, 0.6) is 0 Å². The highest BCUT2D eigenvalue weighted by Gasteiger charge is 2.30. The van der Waals surface area contributed by atoms with Crippen molar-refractivity contribution in [3.05, 3.63) is 41.0 Å². The van der Waals surface area contributed by atoms with Crippen LogP contribution in [0.2, 0.25) is 0 Å². The Balaban J connectivity index is 1.71. The maximum absolute atomic E-state index is 12.7. The van der Waals surface area contributed by atoms with Crippen molar-refractivity contribution in [3.8, 4) is 0 Å². The lowest BCUT2D eigenvalue weighted by molar-refractivity contribution is 0.0785. The van der Waals surface area contributed by atoms with E-state index in [2.05, 4.69) is 39.8 Å². The first-order chi connectivity index (χ1) is 12.0. The number of amides is 1. The van der Waals surface area contributed by atoms with Gasteiger partial charge in [-0.1, -0.05) is 25.8 Å². The molecule has 134 valence electrons. The van der Waals surface area contributed by atoms with E-state index < -0.39 is 0 Å². The molecule has 7 heteroatoms. The number of H-pyrrole nitrogens is 1. The topological polar surface area (TPSA) is 73.9 Å². The summed E-state index contributed by atoms with van der Waals surface area (Å²) in [5.41, 5.74) is 4.61. The molecule has 2 aromatic heterocycles. The lowest BCUT2D eigenvalue weighted by Gasteiger charge is -2.16. The van der Waals surface area contributed by atoms with Crippen molar-refractivity contribution in [2.45, 2.75) is 39.0 Å². The summed E-state index contributed by atoms with van der Waals surface area (Å²) in [6.07, 6.45) is 2.93. The Bertz CT molecular complexity index is 758. The molecular weight excluding hydrogens is 334 g/mol. The smallest absolute Gasteiger partial charge is 0.274 e. The fourth-order valence-electron chi connectivity index (χ4n) is 3.17. The number of nitrogens with one attached hydrogen (secondary N) is 2. The van der Waals surface area contributed by atoms with E-state index in [1.54, 1.807) is 11.9 Å². The number of hydrogen-bond donors (Lipinski definition) is 2. The summed E-state index contributed by atoms with van der Waals surface area (Å²) in [5.74, 6) is 0.606. The predicted octanol–water partition coefficient (Wildman–Crippen LogP) is 3.56. The molecule has 3 rings (SSSR count). The first kappa shape index (κ1) is 17.8. The van der Waals surface area contributed by atoms with Crippen LogP contribution in [-0.2, 0) is 0 Å². The summed E-state index contributed by atoms with van der Waals surface area (Å²) >= 11 is 1.57. The van der Waals surface area contributed by atoms with Gasteiger partial charge in [-0.15, -0.1) is 0 Å². The average molecular weight is 359 g/mol. The Morgan fingerprint density at radius 1 is 1.40 bits per heavy atom. The molecule has 0 aliphatic carbocycles. The van der Waals surface area contributed by atoms with E-state index in [4.69, 9.17) is 0 Å². The number of likely N-dealkylation sites (tertiary alicyclic amines) is 1. The van der Waals surface area contributed by atoms with E-state index in [0.717, 1.165) is 35.7 Å². The fourth-order valence-corrected chi connectivity index (χ4v) is 3.52. The number of aryl methyl sites for hydroxylation is 1. The Kier molecular flexibility index (Phi) is 5.32. The molecule has 0 radical (unpaired) electrons.